The van der Waals surface area contributed by atoms with Crippen LogP contribution < -0.4 is 0 Å². The molecule has 0 bridgehead atoms. The average Bonchev–Trinajstić information content (AvgIpc) is 3.43. The van der Waals surface area contributed by atoms with Crippen molar-refractivity contribution < 1.29 is 0 Å². The first kappa shape index (κ1) is 17.3. The SMILES string of the molecule is c1ccc(-n2c3ccccc3c3ccc4c(ccn4-c4cncc5ccccc45)c32)cc1. The fraction of sp³-hybridized carbons (Fsp3) is 0. The van der Waals surface area contributed by atoms with Crippen LogP contribution in [0.2, 0.25) is 0 Å². The highest BCUT2D eigenvalue weighted by Crippen LogP contribution is 2.37. The largest absolute Gasteiger partial charge is 0.314 e. The Morgan fingerprint density at radius 1 is 0.531 bits per heavy atom. The summed E-state index contributed by atoms with van der Waals surface area (Å²) >= 11 is 0. The number of hydrogen-bond acceptors (Lipinski definition) is 1. The van der Waals surface area contributed by atoms with Gasteiger partial charge in [0.15, 0.2) is 0 Å². The minimum absolute atomic E-state index is 1.10. The first-order valence-corrected chi connectivity index (χ1v) is 10.8. The van der Waals surface area contributed by atoms with E-state index in [1.807, 2.05) is 12.4 Å². The van der Waals surface area contributed by atoms with Crippen LogP contribution in [-0.2, 0) is 0 Å². The smallest absolute Gasteiger partial charge is 0.0718 e. The van der Waals surface area contributed by atoms with Crippen molar-refractivity contribution in [1.29, 1.82) is 0 Å². The maximum atomic E-state index is 4.51. The van der Waals surface area contributed by atoms with Crippen molar-refractivity contribution >= 4 is 43.5 Å². The predicted molar refractivity (Wildman–Crippen MR) is 133 cm³/mol. The molecule has 0 aliphatic carbocycles. The van der Waals surface area contributed by atoms with Crippen LogP contribution in [0.25, 0.3) is 54.9 Å². The number of rotatable bonds is 2. The Labute approximate surface area is 184 Å². The first-order chi connectivity index (χ1) is 15.9. The molecule has 32 heavy (non-hydrogen) atoms. The number of nitrogens with zero attached hydrogens (tertiary/aromatic N) is 3. The molecule has 4 aromatic carbocycles. The van der Waals surface area contributed by atoms with E-state index in [-0.39, 0.29) is 0 Å². The number of fused-ring (bicyclic) bond motifs is 6. The Hall–Kier alpha value is -4.37. The Kier molecular flexibility index (Phi) is 3.55. The zero-order valence-corrected chi connectivity index (χ0v) is 17.3. The summed E-state index contributed by atoms with van der Waals surface area (Å²) < 4.78 is 4.65. The lowest BCUT2D eigenvalue weighted by atomic mass is 10.1. The summed E-state index contributed by atoms with van der Waals surface area (Å²) in [5.74, 6) is 0. The second kappa shape index (κ2) is 6.56. The monoisotopic (exact) mass is 409 g/mol. The molecule has 0 amide bonds. The quantitative estimate of drug-likeness (QED) is 0.294. The van der Waals surface area contributed by atoms with Crippen molar-refractivity contribution in [2.75, 3.05) is 0 Å². The van der Waals surface area contributed by atoms with E-state index < -0.39 is 0 Å². The molecule has 0 radical (unpaired) electrons. The molecule has 0 aliphatic heterocycles. The Bertz CT molecular complexity index is 1770. The van der Waals surface area contributed by atoms with Gasteiger partial charge in [-0.2, -0.15) is 0 Å². The van der Waals surface area contributed by atoms with Gasteiger partial charge < -0.3 is 9.13 Å². The fourth-order valence-corrected chi connectivity index (χ4v) is 5.02. The van der Waals surface area contributed by atoms with Crippen LogP contribution in [0, 0.1) is 0 Å². The van der Waals surface area contributed by atoms with E-state index >= 15 is 0 Å². The summed E-state index contributed by atoms with van der Waals surface area (Å²) in [7, 11) is 0. The number of hydrogen-bond donors (Lipinski definition) is 0. The van der Waals surface area contributed by atoms with E-state index in [4.69, 9.17) is 0 Å². The van der Waals surface area contributed by atoms with E-state index in [0.29, 0.717) is 0 Å². The van der Waals surface area contributed by atoms with E-state index in [1.54, 1.807) is 0 Å². The van der Waals surface area contributed by atoms with Crippen LogP contribution >= 0.6 is 0 Å². The maximum absolute atomic E-state index is 4.51. The third kappa shape index (κ3) is 2.33. The summed E-state index contributed by atoms with van der Waals surface area (Å²) in [6.45, 7) is 0. The molecule has 3 aromatic heterocycles. The van der Waals surface area contributed by atoms with Gasteiger partial charge in [-0.05, 0) is 30.3 Å². The number of benzene rings is 4. The lowest BCUT2D eigenvalue weighted by molar-refractivity contribution is 1.12. The van der Waals surface area contributed by atoms with E-state index in [1.165, 1.54) is 43.8 Å². The van der Waals surface area contributed by atoms with Gasteiger partial charge in [-0.1, -0.05) is 66.7 Å². The average molecular weight is 409 g/mol. The molecule has 150 valence electrons. The summed E-state index contributed by atoms with van der Waals surface area (Å²) in [5.41, 5.74) is 5.91. The highest BCUT2D eigenvalue weighted by molar-refractivity contribution is 6.18. The molecule has 0 aliphatic rings. The molecule has 3 heteroatoms. The minimum atomic E-state index is 1.10. The second-order valence-corrected chi connectivity index (χ2v) is 8.15. The molecule has 0 saturated carbocycles. The van der Waals surface area contributed by atoms with Gasteiger partial charge in [0.2, 0.25) is 0 Å². The number of pyridine rings is 1. The van der Waals surface area contributed by atoms with Gasteiger partial charge in [0.1, 0.15) is 0 Å². The van der Waals surface area contributed by atoms with Gasteiger partial charge in [0.05, 0.1) is 28.4 Å². The van der Waals surface area contributed by atoms with Gasteiger partial charge in [-0.15, -0.1) is 0 Å². The Balaban J connectivity index is 1.62. The molecular weight excluding hydrogens is 390 g/mol. The van der Waals surface area contributed by atoms with Crippen LogP contribution in [-0.4, -0.2) is 14.1 Å². The molecule has 0 N–H and O–H groups in total. The van der Waals surface area contributed by atoms with Gasteiger partial charge in [0, 0.05) is 45.0 Å². The van der Waals surface area contributed by atoms with Crippen LogP contribution in [0.5, 0.6) is 0 Å². The second-order valence-electron chi connectivity index (χ2n) is 8.15. The van der Waals surface area contributed by atoms with Crippen LogP contribution in [0.4, 0.5) is 0 Å². The highest BCUT2D eigenvalue weighted by Gasteiger charge is 2.17. The fourth-order valence-electron chi connectivity index (χ4n) is 5.02. The summed E-state index contributed by atoms with van der Waals surface area (Å²) in [5, 5.41) is 6.11. The normalized spacial score (nSPS) is 11.8. The molecule has 3 heterocycles. The van der Waals surface area contributed by atoms with Crippen molar-refractivity contribution in [2.24, 2.45) is 0 Å². The maximum Gasteiger partial charge on any atom is 0.0718 e. The summed E-state index contributed by atoms with van der Waals surface area (Å²) in [6.07, 6.45) is 6.05. The first-order valence-electron chi connectivity index (χ1n) is 10.8. The van der Waals surface area contributed by atoms with Gasteiger partial charge in [-0.25, -0.2) is 0 Å². The van der Waals surface area contributed by atoms with E-state index in [9.17, 15) is 0 Å². The summed E-state index contributed by atoms with van der Waals surface area (Å²) in [6, 6.07) is 34.4. The van der Waals surface area contributed by atoms with Crippen LogP contribution in [0.15, 0.2) is 116 Å². The highest BCUT2D eigenvalue weighted by atomic mass is 15.0. The van der Waals surface area contributed by atoms with Crippen LogP contribution in [0.3, 0.4) is 0 Å². The number of para-hydroxylation sites is 2. The molecular formula is C29H19N3. The van der Waals surface area contributed by atoms with Crippen LogP contribution in [0.1, 0.15) is 0 Å². The standard InChI is InChI=1S/C29H19N3/c1-2-9-21(10-3-1)32-27-13-7-6-12-23(27)24-14-15-26-25(29(24)32)16-17-31(26)28-19-30-18-20-8-4-5-11-22(20)28/h1-19H. The Morgan fingerprint density at radius 2 is 1.31 bits per heavy atom. The number of aromatic nitrogens is 3. The van der Waals surface area contributed by atoms with Crippen molar-refractivity contribution in [3.05, 3.63) is 116 Å². The van der Waals surface area contributed by atoms with E-state index in [2.05, 4.69) is 117 Å². The Morgan fingerprint density at radius 3 is 2.22 bits per heavy atom. The molecule has 3 nitrogen and oxygen atoms in total. The van der Waals surface area contributed by atoms with Gasteiger partial charge >= 0.3 is 0 Å². The molecule has 0 saturated heterocycles. The van der Waals surface area contributed by atoms with Crippen molar-refractivity contribution in [2.45, 2.75) is 0 Å². The zero-order valence-electron chi connectivity index (χ0n) is 17.3. The summed E-state index contributed by atoms with van der Waals surface area (Å²) in [4.78, 5) is 4.51. The van der Waals surface area contributed by atoms with Gasteiger partial charge in [-0.3, -0.25) is 4.98 Å². The topological polar surface area (TPSA) is 22.8 Å². The molecule has 0 atom stereocenters. The zero-order chi connectivity index (χ0) is 21.1. The molecule has 0 fully saturated rings. The van der Waals surface area contributed by atoms with Crippen molar-refractivity contribution in [1.82, 2.24) is 14.1 Å². The van der Waals surface area contributed by atoms with Crippen molar-refractivity contribution in [3.8, 4) is 11.4 Å². The minimum Gasteiger partial charge on any atom is -0.314 e. The third-order valence-corrected chi connectivity index (χ3v) is 6.42. The molecule has 0 unspecified atom stereocenters. The van der Waals surface area contributed by atoms with Crippen molar-refractivity contribution in [3.63, 3.8) is 0 Å². The lowest BCUT2D eigenvalue weighted by Gasteiger charge is -2.11. The molecule has 7 aromatic rings. The predicted octanol–water partition coefficient (Wildman–Crippen LogP) is 7.28. The van der Waals surface area contributed by atoms with Gasteiger partial charge in [0.25, 0.3) is 0 Å². The van der Waals surface area contributed by atoms with E-state index in [0.717, 1.165) is 11.1 Å². The third-order valence-electron chi connectivity index (χ3n) is 6.42. The molecule has 0 spiro atoms. The molecule has 7 rings (SSSR count). The lowest BCUT2D eigenvalue weighted by Crippen LogP contribution is -1.96.